The molecule has 5 heteroatoms. The highest BCUT2D eigenvalue weighted by atomic mass is 32.2. The summed E-state index contributed by atoms with van der Waals surface area (Å²) in [6.07, 6.45) is 3.27. The van der Waals surface area contributed by atoms with Crippen LogP contribution in [0.15, 0.2) is 0 Å². The van der Waals surface area contributed by atoms with Gasteiger partial charge in [-0.1, -0.05) is 19.8 Å². The standard InChI is InChI=1S/C8H17NO2S2/c1-2-3-4-8-7-12-6-5-9(8)13(10)11/h8H,2-7H2,1H3,(H,10,11)/p-1. The fourth-order valence-electron chi connectivity index (χ4n) is 1.50. The molecule has 0 amide bonds. The van der Waals surface area contributed by atoms with Crippen LogP contribution in [0, 0.1) is 0 Å². The zero-order chi connectivity index (χ0) is 9.68. The monoisotopic (exact) mass is 222 g/mol. The van der Waals surface area contributed by atoms with E-state index >= 15 is 0 Å². The molecule has 0 aromatic carbocycles. The van der Waals surface area contributed by atoms with Crippen molar-refractivity contribution in [2.24, 2.45) is 0 Å². The minimum atomic E-state index is -2.02. The van der Waals surface area contributed by atoms with Gasteiger partial charge in [-0.3, -0.25) is 4.21 Å². The Balaban J connectivity index is 2.41. The highest BCUT2D eigenvalue weighted by molar-refractivity contribution is 7.99. The van der Waals surface area contributed by atoms with E-state index in [1.54, 1.807) is 4.31 Å². The summed E-state index contributed by atoms with van der Waals surface area (Å²) in [5.74, 6) is 1.91. The maximum Gasteiger partial charge on any atom is 0.0306 e. The van der Waals surface area contributed by atoms with Crippen molar-refractivity contribution in [3.05, 3.63) is 0 Å². The summed E-state index contributed by atoms with van der Waals surface area (Å²) in [6.45, 7) is 2.82. The highest BCUT2D eigenvalue weighted by Crippen LogP contribution is 2.21. The van der Waals surface area contributed by atoms with Crippen LogP contribution in [0.4, 0.5) is 0 Å². The smallest absolute Gasteiger partial charge is 0.0306 e. The zero-order valence-corrected chi connectivity index (χ0v) is 9.53. The maximum atomic E-state index is 10.8. The lowest BCUT2D eigenvalue weighted by Gasteiger charge is -2.36. The Labute approximate surface area is 86.7 Å². The van der Waals surface area contributed by atoms with Crippen LogP contribution < -0.4 is 0 Å². The molecule has 1 aliphatic heterocycles. The van der Waals surface area contributed by atoms with Crippen LogP contribution in [0.25, 0.3) is 0 Å². The first-order chi connectivity index (χ1) is 6.25. The van der Waals surface area contributed by atoms with Crippen molar-refractivity contribution in [2.75, 3.05) is 18.1 Å². The second-order valence-corrected chi connectivity index (χ2v) is 5.28. The molecule has 1 aliphatic rings. The Morgan fingerprint density at radius 3 is 3.08 bits per heavy atom. The molecule has 1 fully saturated rings. The molecule has 0 aromatic heterocycles. The summed E-state index contributed by atoms with van der Waals surface area (Å²) in [7, 11) is 0. The lowest BCUT2D eigenvalue weighted by atomic mass is 10.1. The molecule has 1 heterocycles. The third-order valence-corrected chi connectivity index (χ3v) is 4.21. The SMILES string of the molecule is CCCCC1CSCCN1S(=O)[O-]. The topological polar surface area (TPSA) is 43.4 Å². The Bertz CT molecular complexity index is 178. The molecule has 0 bridgehead atoms. The summed E-state index contributed by atoms with van der Waals surface area (Å²) in [6, 6.07) is 0.247. The van der Waals surface area contributed by atoms with E-state index in [4.69, 9.17) is 0 Å². The number of hydrogen-bond acceptors (Lipinski definition) is 3. The van der Waals surface area contributed by atoms with Gasteiger partial charge in [-0.2, -0.15) is 11.8 Å². The summed E-state index contributed by atoms with van der Waals surface area (Å²) in [5, 5.41) is 0. The normalized spacial score (nSPS) is 27.4. The molecular formula is C8H16NO2S2-. The minimum Gasteiger partial charge on any atom is -0.760 e. The van der Waals surface area contributed by atoms with E-state index in [9.17, 15) is 8.76 Å². The molecule has 78 valence electrons. The van der Waals surface area contributed by atoms with Gasteiger partial charge in [0.05, 0.1) is 0 Å². The molecule has 0 saturated carbocycles. The number of nitrogens with zero attached hydrogens (tertiary/aromatic N) is 1. The van der Waals surface area contributed by atoms with Gasteiger partial charge in [0, 0.05) is 35.4 Å². The Hall–Kier alpha value is 0.420. The maximum absolute atomic E-state index is 10.8. The van der Waals surface area contributed by atoms with E-state index < -0.39 is 11.3 Å². The molecule has 0 radical (unpaired) electrons. The van der Waals surface area contributed by atoms with Crippen molar-refractivity contribution in [3.63, 3.8) is 0 Å². The van der Waals surface area contributed by atoms with Gasteiger partial charge >= 0.3 is 0 Å². The summed E-state index contributed by atoms with van der Waals surface area (Å²) in [4.78, 5) is 0. The third kappa shape index (κ3) is 3.58. The van der Waals surface area contributed by atoms with Crippen molar-refractivity contribution < 1.29 is 8.76 Å². The Kier molecular flexibility index (Phi) is 5.31. The zero-order valence-electron chi connectivity index (χ0n) is 7.90. The van der Waals surface area contributed by atoms with Gasteiger partial charge in [0.25, 0.3) is 0 Å². The van der Waals surface area contributed by atoms with Gasteiger partial charge < -0.3 is 4.55 Å². The molecule has 0 N–H and O–H groups in total. The van der Waals surface area contributed by atoms with Crippen LogP contribution in [0.2, 0.25) is 0 Å². The summed E-state index contributed by atoms with van der Waals surface area (Å²) >= 11 is -0.156. The van der Waals surface area contributed by atoms with Gasteiger partial charge in [-0.25, -0.2) is 4.31 Å². The average Bonchev–Trinajstić information content (AvgIpc) is 2.15. The molecule has 1 rings (SSSR count). The van der Waals surface area contributed by atoms with Gasteiger partial charge in [-0.05, 0) is 6.42 Å². The van der Waals surface area contributed by atoms with Crippen molar-refractivity contribution in [1.82, 2.24) is 4.31 Å². The number of thioether (sulfide) groups is 1. The van der Waals surface area contributed by atoms with E-state index in [1.807, 2.05) is 11.8 Å². The average molecular weight is 222 g/mol. The van der Waals surface area contributed by atoms with Crippen LogP contribution in [0.5, 0.6) is 0 Å². The van der Waals surface area contributed by atoms with Crippen molar-refractivity contribution in [3.8, 4) is 0 Å². The molecule has 0 aliphatic carbocycles. The minimum absolute atomic E-state index is 0.247. The first-order valence-electron chi connectivity index (χ1n) is 4.69. The van der Waals surface area contributed by atoms with E-state index in [-0.39, 0.29) is 6.04 Å². The van der Waals surface area contributed by atoms with E-state index in [0.717, 1.165) is 30.8 Å². The van der Waals surface area contributed by atoms with Gasteiger partial charge in [0.1, 0.15) is 0 Å². The van der Waals surface area contributed by atoms with Gasteiger partial charge in [0.15, 0.2) is 0 Å². The lowest BCUT2D eigenvalue weighted by Crippen LogP contribution is -2.43. The molecule has 1 saturated heterocycles. The van der Waals surface area contributed by atoms with Crippen LogP contribution in [0.1, 0.15) is 26.2 Å². The second-order valence-electron chi connectivity index (χ2n) is 3.23. The van der Waals surface area contributed by atoms with Crippen LogP contribution in [-0.4, -0.2) is 37.2 Å². The van der Waals surface area contributed by atoms with Gasteiger partial charge in [0.2, 0.25) is 0 Å². The molecule has 0 aromatic rings. The fourth-order valence-corrected chi connectivity index (χ4v) is 3.49. The van der Waals surface area contributed by atoms with Crippen LogP contribution in [-0.2, 0) is 11.3 Å². The summed E-state index contributed by atoms with van der Waals surface area (Å²) in [5.41, 5.74) is 0. The predicted molar refractivity (Wildman–Crippen MR) is 56.3 cm³/mol. The molecular weight excluding hydrogens is 206 g/mol. The highest BCUT2D eigenvalue weighted by Gasteiger charge is 2.22. The largest absolute Gasteiger partial charge is 0.760 e. The molecule has 2 atom stereocenters. The number of unbranched alkanes of at least 4 members (excludes halogenated alkanes) is 1. The molecule has 13 heavy (non-hydrogen) atoms. The fraction of sp³-hybridized carbons (Fsp3) is 1.00. The predicted octanol–water partition coefficient (Wildman–Crippen LogP) is 1.39. The first-order valence-corrected chi connectivity index (χ1v) is 6.88. The van der Waals surface area contributed by atoms with E-state index in [2.05, 4.69) is 6.92 Å². The van der Waals surface area contributed by atoms with Crippen molar-refractivity contribution >= 4 is 23.0 Å². The van der Waals surface area contributed by atoms with Crippen LogP contribution >= 0.6 is 11.8 Å². The number of rotatable bonds is 4. The van der Waals surface area contributed by atoms with Crippen LogP contribution in [0.3, 0.4) is 0 Å². The second kappa shape index (κ2) is 6.01. The molecule has 0 spiro atoms. The quantitative estimate of drug-likeness (QED) is 0.675. The molecule has 2 unspecified atom stereocenters. The first kappa shape index (κ1) is 11.5. The van der Waals surface area contributed by atoms with E-state index in [1.165, 1.54) is 0 Å². The Morgan fingerprint density at radius 1 is 1.69 bits per heavy atom. The Morgan fingerprint density at radius 2 is 2.46 bits per heavy atom. The van der Waals surface area contributed by atoms with Gasteiger partial charge in [-0.15, -0.1) is 0 Å². The third-order valence-electron chi connectivity index (χ3n) is 2.26. The molecule has 3 nitrogen and oxygen atoms in total. The lowest BCUT2D eigenvalue weighted by molar-refractivity contribution is 0.315. The van der Waals surface area contributed by atoms with E-state index in [0.29, 0.717) is 6.54 Å². The van der Waals surface area contributed by atoms with Crippen molar-refractivity contribution in [2.45, 2.75) is 32.2 Å². The van der Waals surface area contributed by atoms with Crippen molar-refractivity contribution in [1.29, 1.82) is 0 Å². The number of hydrogen-bond donors (Lipinski definition) is 0. The summed E-state index contributed by atoms with van der Waals surface area (Å²) < 4.78 is 23.3.